The van der Waals surface area contributed by atoms with Gasteiger partial charge in [-0.2, -0.15) is 0 Å². The number of ketones is 2. The molecule has 4 aliphatic rings. The van der Waals surface area contributed by atoms with Crippen LogP contribution < -0.4 is 19.1 Å². The molecule has 2 saturated carbocycles. The first-order valence-corrected chi connectivity index (χ1v) is 22.0. The minimum absolute atomic E-state index is 0.0331. The lowest BCUT2D eigenvalue weighted by atomic mass is 9.80. The maximum absolute atomic E-state index is 15.1. The quantitative estimate of drug-likeness (QED) is 0.177. The Morgan fingerprint density at radius 2 is 1.78 bits per heavy atom. The van der Waals surface area contributed by atoms with E-state index >= 15 is 4.79 Å². The third-order valence-electron chi connectivity index (χ3n) is 13.1. The topological polar surface area (TPSA) is 152 Å². The number of rotatable bonds is 10. The Kier molecular flexibility index (Phi) is 11.5. The van der Waals surface area contributed by atoms with Crippen molar-refractivity contribution in [2.24, 2.45) is 29.1 Å². The van der Waals surface area contributed by atoms with Gasteiger partial charge in [-0.05, 0) is 117 Å². The molecule has 7 atom stereocenters. The van der Waals surface area contributed by atoms with Crippen molar-refractivity contribution in [3.8, 4) is 11.6 Å². The standard InChI is InChI=1S/C45H56N4O8S/c1-28-9-7-8-10-32-25-45(32,43(53)47-58(54,55)44(3)18-19-44)26-40(51)38-23-35(57-41-36-16-15-34(56-6)22-31(36)17-20-46-41)27-49(38)42(52)37(29(2)21-28)24-39(50)30-11-13-33(14-12-30)48(4)5/h8,10-17,20,22,28-29,32,35,37-38H,7,9,18-19,21,23-27H2,1-6H3,(H,47,53)/b10-8-/t28-,29-,32-,35-,37+,38?,45-/m1/s1. The van der Waals surface area contributed by atoms with Crippen LogP contribution in [0.25, 0.3) is 10.8 Å². The van der Waals surface area contributed by atoms with Crippen molar-refractivity contribution < 1.29 is 37.1 Å². The average molecular weight is 813 g/mol. The molecule has 2 amide bonds. The van der Waals surface area contributed by atoms with Gasteiger partial charge in [0.05, 0.1) is 29.9 Å². The number of sulfonamides is 1. The van der Waals surface area contributed by atoms with Crippen molar-refractivity contribution in [1.29, 1.82) is 0 Å². The number of anilines is 1. The van der Waals surface area contributed by atoms with Crippen molar-refractivity contribution in [3.63, 3.8) is 0 Å². The van der Waals surface area contributed by atoms with Gasteiger partial charge in [0.25, 0.3) is 0 Å². The largest absolute Gasteiger partial charge is 0.497 e. The highest BCUT2D eigenvalue weighted by molar-refractivity contribution is 7.91. The Hall–Kier alpha value is -4.78. The van der Waals surface area contributed by atoms with Gasteiger partial charge in [0.2, 0.25) is 27.7 Å². The number of hydrogen-bond acceptors (Lipinski definition) is 10. The summed E-state index contributed by atoms with van der Waals surface area (Å²) in [5.41, 5.74) is 0.199. The molecule has 0 spiro atoms. The minimum Gasteiger partial charge on any atom is -0.497 e. The number of nitrogens with zero attached hydrogens (tertiary/aromatic N) is 3. The Morgan fingerprint density at radius 1 is 1.03 bits per heavy atom. The monoisotopic (exact) mass is 812 g/mol. The van der Waals surface area contributed by atoms with Gasteiger partial charge >= 0.3 is 0 Å². The van der Waals surface area contributed by atoms with E-state index in [4.69, 9.17) is 9.47 Å². The van der Waals surface area contributed by atoms with Crippen LogP contribution in [-0.4, -0.2) is 86.3 Å². The molecular formula is C45H56N4O8S. The lowest BCUT2D eigenvalue weighted by molar-refractivity contribution is -0.143. The van der Waals surface area contributed by atoms with Crippen molar-refractivity contribution in [2.45, 2.75) is 95.5 Å². The number of carbonyl (C=O) groups excluding carboxylic acids is 4. The van der Waals surface area contributed by atoms with Gasteiger partial charge in [-0.15, -0.1) is 0 Å². The van der Waals surface area contributed by atoms with Crippen molar-refractivity contribution in [1.82, 2.24) is 14.6 Å². The molecule has 3 fully saturated rings. The van der Waals surface area contributed by atoms with Crippen LogP contribution in [0.2, 0.25) is 0 Å². The zero-order valence-electron chi connectivity index (χ0n) is 34.4. The molecule has 2 aliphatic heterocycles. The first kappa shape index (κ1) is 41.4. The Balaban J connectivity index is 1.23. The van der Waals surface area contributed by atoms with E-state index in [1.54, 1.807) is 37.3 Å². The number of Topliss-reactive ketones (excluding diaryl/α,β-unsaturated/α-hetero) is 2. The van der Waals surface area contributed by atoms with Crippen LogP contribution >= 0.6 is 0 Å². The van der Waals surface area contributed by atoms with Crippen LogP contribution in [0.5, 0.6) is 11.6 Å². The molecular weight excluding hydrogens is 757 g/mol. The van der Waals surface area contributed by atoms with Crippen LogP contribution in [0.4, 0.5) is 5.69 Å². The third kappa shape index (κ3) is 8.37. The van der Waals surface area contributed by atoms with Gasteiger partial charge in [-0.3, -0.25) is 23.9 Å². The molecule has 13 heteroatoms. The zero-order chi connectivity index (χ0) is 41.6. The first-order valence-electron chi connectivity index (χ1n) is 20.5. The smallest absolute Gasteiger partial charge is 0.240 e. The van der Waals surface area contributed by atoms with Crippen LogP contribution in [-0.2, 0) is 24.4 Å². The number of pyridine rings is 1. The second-order valence-electron chi connectivity index (χ2n) is 17.7. The molecule has 7 rings (SSSR count). The third-order valence-corrected chi connectivity index (χ3v) is 15.3. The molecule has 0 bridgehead atoms. The number of aromatic nitrogens is 1. The van der Waals surface area contributed by atoms with E-state index in [9.17, 15) is 22.8 Å². The fourth-order valence-electron chi connectivity index (χ4n) is 8.86. The molecule has 0 radical (unpaired) electrons. The van der Waals surface area contributed by atoms with Gasteiger partial charge in [0, 0.05) is 62.1 Å². The number of benzene rings is 2. The second-order valence-corrected chi connectivity index (χ2v) is 19.9. The highest BCUT2D eigenvalue weighted by atomic mass is 32.2. The van der Waals surface area contributed by atoms with E-state index in [0.29, 0.717) is 42.9 Å². The van der Waals surface area contributed by atoms with Crippen molar-refractivity contribution >= 4 is 49.9 Å². The number of allylic oxidation sites excluding steroid dienone is 2. The van der Waals surface area contributed by atoms with E-state index in [-0.39, 0.29) is 61.0 Å². The summed E-state index contributed by atoms with van der Waals surface area (Å²) >= 11 is 0. The number of hydrogen-bond donors (Lipinski definition) is 1. The zero-order valence-corrected chi connectivity index (χ0v) is 35.2. The first-order chi connectivity index (χ1) is 27.5. The van der Waals surface area contributed by atoms with Gasteiger partial charge in [0.15, 0.2) is 11.6 Å². The Labute approximate surface area is 341 Å². The summed E-state index contributed by atoms with van der Waals surface area (Å²) in [5.74, 6) is -1.46. The molecule has 3 aromatic rings. The summed E-state index contributed by atoms with van der Waals surface area (Å²) in [5, 5.41) is 1.59. The van der Waals surface area contributed by atoms with Crippen LogP contribution in [0, 0.1) is 29.1 Å². The predicted octanol–water partition coefficient (Wildman–Crippen LogP) is 6.52. The molecule has 310 valence electrons. The highest BCUT2D eigenvalue weighted by Gasteiger charge is 2.62. The summed E-state index contributed by atoms with van der Waals surface area (Å²) in [6.45, 7) is 5.85. The number of nitrogens with one attached hydrogen (secondary N) is 1. The van der Waals surface area contributed by atoms with Crippen molar-refractivity contribution in [2.75, 3.05) is 32.6 Å². The van der Waals surface area contributed by atoms with E-state index in [1.807, 2.05) is 74.5 Å². The number of carbonyl (C=O) groups is 4. The van der Waals surface area contributed by atoms with Crippen molar-refractivity contribution in [3.05, 3.63) is 72.4 Å². The number of amides is 2. The van der Waals surface area contributed by atoms with E-state index in [2.05, 4.69) is 16.6 Å². The molecule has 2 aliphatic carbocycles. The van der Waals surface area contributed by atoms with Crippen LogP contribution in [0.15, 0.2) is 66.9 Å². The summed E-state index contributed by atoms with van der Waals surface area (Å²) in [4.78, 5) is 65.9. The lowest BCUT2D eigenvalue weighted by Gasteiger charge is -2.32. The molecule has 3 heterocycles. The fourth-order valence-corrected chi connectivity index (χ4v) is 10.2. The molecule has 58 heavy (non-hydrogen) atoms. The predicted molar refractivity (Wildman–Crippen MR) is 222 cm³/mol. The lowest BCUT2D eigenvalue weighted by Crippen LogP contribution is -2.48. The molecule has 2 aromatic carbocycles. The summed E-state index contributed by atoms with van der Waals surface area (Å²) in [6, 6.07) is 13.8. The fraction of sp³-hybridized carbons (Fsp3) is 0.533. The maximum atomic E-state index is 15.1. The summed E-state index contributed by atoms with van der Waals surface area (Å²) in [7, 11) is 1.50. The van der Waals surface area contributed by atoms with E-state index in [0.717, 1.165) is 29.3 Å². The van der Waals surface area contributed by atoms with E-state index < -0.39 is 44.2 Å². The highest BCUT2D eigenvalue weighted by Crippen LogP contribution is 2.57. The Morgan fingerprint density at radius 3 is 2.47 bits per heavy atom. The number of methoxy groups -OCH3 is 1. The average Bonchev–Trinajstić information content (AvgIpc) is 4.08. The molecule has 1 aromatic heterocycles. The van der Waals surface area contributed by atoms with Crippen LogP contribution in [0.3, 0.4) is 0 Å². The Bertz CT molecular complexity index is 2220. The second kappa shape index (κ2) is 16.1. The van der Waals surface area contributed by atoms with Crippen LogP contribution in [0.1, 0.15) is 88.9 Å². The van der Waals surface area contributed by atoms with E-state index in [1.165, 1.54) is 0 Å². The number of ether oxygens (including phenoxy) is 2. The molecule has 1 saturated heterocycles. The molecule has 1 N–H and O–H groups in total. The normalized spacial score (nSPS) is 29.0. The summed E-state index contributed by atoms with van der Waals surface area (Å²) < 4.78 is 39.9. The number of fused-ring (bicyclic) bond motifs is 3. The molecule has 12 nitrogen and oxygen atoms in total. The SMILES string of the molecule is COc1ccc2c(O[C@@H]3CC4C(=O)C[C@]5(C(=O)NS(=O)(=O)C6(C)CC6)C[C@H]5/C=C\CC[C@@H](C)C[C@@H](C)[C@H](CC(=O)c5ccc(N(C)C)cc5)C(=O)N4C3)nccc2c1. The van der Waals surface area contributed by atoms with Gasteiger partial charge in [-0.25, -0.2) is 13.4 Å². The van der Waals surface area contributed by atoms with Gasteiger partial charge in [-0.1, -0.05) is 26.0 Å². The minimum atomic E-state index is -3.95. The van der Waals surface area contributed by atoms with Gasteiger partial charge < -0.3 is 19.3 Å². The maximum Gasteiger partial charge on any atom is 0.240 e. The summed E-state index contributed by atoms with van der Waals surface area (Å²) in [6.07, 6.45) is 8.38. The van der Waals surface area contributed by atoms with Gasteiger partial charge in [0.1, 0.15) is 11.9 Å². The molecule has 1 unspecified atom stereocenters.